The van der Waals surface area contributed by atoms with Crippen LogP contribution >= 0.6 is 23.2 Å². The minimum absolute atomic E-state index is 0.261. The molecule has 0 aliphatic carbocycles. The van der Waals surface area contributed by atoms with Gasteiger partial charge in [-0.3, -0.25) is 0 Å². The summed E-state index contributed by atoms with van der Waals surface area (Å²) in [6, 6.07) is 12.3. The van der Waals surface area contributed by atoms with Crippen molar-refractivity contribution in [1.29, 1.82) is 0 Å². The Hall–Kier alpha value is -1.18. The summed E-state index contributed by atoms with van der Waals surface area (Å²) in [5.41, 5.74) is 4.82. The normalized spacial score (nSPS) is 17.4. The second-order valence-corrected chi connectivity index (χ2v) is 5.52. The highest BCUT2D eigenvalue weighted by molar-refractivity contribution is 6.32. The average Bonchev–Trinajstić information content (AvgIpc) is 2.80. The van der Waals surface area contributed by atoms with Gasteiger partial charge in [0, 0.05) is 22.2 Å². The van der Waals surface area contributed by atoms with Crippen molar-refractivity contribution in [3.05, 3.63) is 63.1 Å². The lowest BCUT2D eigenvalue weighted by atomic mass is 10.0. The van der Waals surface area contributed by atoms with Gasteiger partial charge in [0.1, 0.15) is 0 Å². The van der Waals surface area contributed by atoms with E-state index < -0.39 is 0 Å². The van der Waals surface area contributed by atoms with Crippen LogP contribution in [0.2, 0.25) is 10.0 Å². The van der Waals surface area contributed by atoms with E-state index in [0.29, 0.717) is 0 Å². The number of fused-ring (bicyclic) bond motifs is 1. The van der Waals surface area contributed by atoms with Crippen LogP contribution in [0.25, 0.3) is 0 Å². The Kier molecular flexibility index (Phi) is 2.96. The molecule has 92 valence electrons. The molecule has 1 nitrogen and oxygen atoms in total. The fraction of sp³-hybridized carbons (Fsp3) is 0.200. The molecule has 1 heterocycles. The SMILES string of the molecule is Cc1ccc(Cl)c2c1NC(c1cccc(Cl)c1)C2. The van der Waals surface area contributed by atoms with E-state index in [9.17, 15) is 0 Å². The van der Waals surface area contributed by atoms with Crippen molar-refractivity contribution < 1.29 is 0 Å². The summed E-state index contributed by atoms with van der Waals surface area (Å²) >= 11 is 12.3. The fourth-order valence-electron chi connectivity index (χ4n) is 2.49. The Labute approximate surface area is 117 Å². The molecule has 1 aliphatic rings. The van der Waals surface area contributed by atoms with E-state index in [1.54, 1.807) is 0 Å². The second kappa shape index (κ2) is 4.49. The highest BCUT2D eigenvalue weighted by Gasteiger charge is 2.25. The minimum atomic E-state index is 0.261. The van der Waals surface area contributed by atoms with Gasteiger partial charge in [-0.2, -0.15) is 0 Å². The third kappa shape index (κ3) is 1.98. The molecule has 0 spiro atoms. The smallest absolute Gasteiger partial charge is 0.0556 e. The first-order chi connectivity index (χ1) is 8.65. The lowest BCUT2D eigenvalue weighted by Gasteiger charge is -2.12. The zero-order valence-corrected chi connectivity index (χ0v) is 11.5. The largest absolute Gasteiger partial charge is 0.377 e. The summed E-state index contributed by atoms with van der Waals surface area (Å²) in [6.45, 7) is 2.10. The summed E-state index contributed by atoms with van der Waals surface area (Å²) in [5, 5.41) is 5.16. The number of hydrogen-bond acceptors (Lipinski definition) is 1. The Balaban J connectivity index is 1.98. The lowest BCUT2D eigenvalue weighted by Crippen LogP contribution is -2.05. The summed E-state index contributed by atoms with van der Waals surface area (Å²) in [4.78, 5) is 0. The molecule has 0 aromatic heterocycles. The van der Waals surface area contributed by atoms with Crippen LogP contribution in [0.15, 0.2) is 36.4 Å². The van der Waals surface area contributed by atoms with Crippen molar-refractivity contribution in [2.75, 3.05) is 5.32 Å². The first kappa shape index (κ1) is 11.9. The summed E-state index contributed by atoms with van der Waals surface area (Å²) in [6.07, 6.45) is 0.913. The van der Waals surface area contributed by atoms with Gasteiger partial charge in [-0.1, -0.05) is 41.4 Å². The van der Waals surface area contributed by atoms with E-state index >= 15 is 0 Å². The van der Waals surface area contributed by atoms with Gasteiger partial charge >= 0.3 is 0 Å². The van der Waals surface area contributed by atoms with Gasteiger partial charge in [-0.15, -0.1) is 0 Å². The summed E-state index contributed by atoms with van der Waals surface area (Å²) in [7, 11) is 0. The van der Waals surface area contributed by atoms with E-state index in [4.69, 9.17) is 23.2 Å². The Morgan fingerprint density at radius 3 is 2.72 bits per heavy atom. The first-order valence-electron chi connectivity index (χ1n) is 5.95. The van der Waals surface area contributed by atoms with Gasteiger partial charge in [0.2, 0.25) is 0 Å². The molecule has 3 rings (SSSR count). The number of nitrogens with one attached hydrogen (secondary N) is 1. The second-order valence-electron chi connectivity index (χ2n) is 4.67. The van der Waals surface area contributed by atoms with Crippen molar-refractivity contribution in [2.24, 2.45) is 0 Å². The quantitative estimate of drug-likeness (QED) is 0.773. The van der Waals surface area contributed by atoms with Gasteiger partial charge in [-0.25, -0.2) is 0 Å². The maximum Gasteiger partial charge on any atom is 0.0556 e. The highest BCUT2D eigenvalue weighted by atomic mass is 35.5. The molecule has 2 aromatic carbocycles. The van der Waals surface area contributed by atoms with Crippen LogP contribution in [0.4, 0.5) is 5.69 Å². The van der Waals surface area contributed by atoms with Crippen LogP contribution < -0.4 is 5.32 Å². The lowest BCUT2D eigenvalue weighted by molar-refractivity contribution is 0.824. The van der Waals surface area contributed by atoms with Crippen molar-refractivity contribution >= 4 is 28.9 Å². The standard InChI is InChI=1S/C15H13Cl2N/c1-9-5-6-13(17)12-8-14(18-15(9)12)10-3-2-4-11(16)7-10/h2-7,14,18H,8H2,1H3. The number of halogens is 2. The molecule has 0 bridgehead atoms. The van der Waals surface area contributed by atoms with Crippen LogP contribution in [0, 0.1) is 6.92 Å². The zero-order chi connectivity index (χ0) is 12.7. The van der Waals surface area contributed by atoms with Crippen LogP contribution in [-0.2, 0) is 6.42 Å². The zero-order valence-electron chi connectivity index (χ0n) is 10.0. The third-order valence-corrected chi connectivity index (χ3v) is 4.03. The molecule has 1 unspecified atom stereocenters. The van der Waals surface area contributed by atoms with Crippen LogP contribution in [0.5, 0.6) is 0 Å². The topological polar surface area (TPSA) is 12.0 Å². The van der Waals surface area contributed by atoms with Crippen LogP contribution in [-0.4, -0.2) is 0 Å². The van der Waals surface area contributed by atoms with Gasteiger partial charge in [-0.05, 0) is 41.8 Å². The average molecular weight is 278 g/mol. The molecule has 0 radical (unpaired) electrons. The van der Waals surface area contributed by atoms with E-state index in [-0.39, 0.29) is 6.04 Å². The van der Waals surface area contributed by atoms with Crippen molar-refractivity contribution in [3.63, 3.8) is 0 Å². The Morgan fingerprint density at radius 2 is 2.00 bits per heavy atom. The van der Waals surface area contributed by atoms with Gasteiger partial charge < -0.3 is 5.32 Å². The van der Waals surface area contributed by atoms with E-state index in [0.717, 1.165) is 16.5 Å². The van der Waals surface area contributed by atoms with Crippen molar-refractivity contribution in [3.8, 4) is 0 Å². The number of hydrogen-bond donors (Lipinski definition) is 1. The Morgan fingerprint density at radius 1 is 1.17 bits per heavy atom. The minimum Gasteiger partial charge on any atom is -0.377 e. The maximum absolute atomic E-state index is 6.26. The fourth-order valence-corrected chi connectivity index (χ4v) is 2.93. The molecule has 1 N–H and O–H groups in total. The molecule has 1 atom stereocenters. The summed E-state index contributed by atoms with van der Waals surface area (Å²) < 4.78 is 0. The van der Waals surface area contributed by atoms with E-state index in [1.807, 2.05) is 24.3 Å². The molecule has 0 saturated carbocycles. The molecule has 18 heavy (non-hydrogen) atoms. The molecule has 0 amide bonds. The third-order valence-electron chi connectivity index (χ3n) is 3.44. The van der Waals surface area contributed by atoms with Crippen LogP contribution in [0.1, 0.15) is 22.7 Å². The molecule has 1 aliphatic heterocycles. The first-order valence-corrected chi connectivity index (χ1v) is 6.71. The van der Waals surface area contributed by atoms with Crippen molar-refractivity contribution in [1.82, 2.24) is 0 Å². The molecule has 3 heteroatoms. The van der Waals surface area contributed by atoms with Gasteiger partial charge in [0.25, 0.3) is 0 Å². The van der Waals surface area contributed by atoms with Crippen LogP contribution in [0.3, 0.4) is 0 Å². The molecule has 2 aromatic rings. The molecule has 0 fully saturated rings. The number of benzene rings is 2. The van der Waals surface area contributed by atoms with E-state index in [2.05, 4.69) is 24.4 Å². The number of aryl methyl sites for hydroxylation is 1. The number of rotatable bonds is 1. The maximum atomic E-state index is 6.26. The van der Waals surface area contributed by atoms with E-state index in [1.165, 1.54) is 22.4 Å². The predicted octanol–water partition coefficient (Wildman–Crippen LogP) is 5.01. The molecular formula is C15H13Cl2N. The monoisotopic (exact) mass is 277 g/mol. The molecule has 0 saturated heterocycles. The van der Waals surface area contributed by atoms with Crippen molar-refractivity contribution in [2.45, 2.75) is 19.4 Å². The molecular weight excluding hydrogens is 265 g/mol. The Bertz CT molecular complexity index is 576. The number of anilines is 1. The van der Waals surface area contributed by atoms with Gasteiger partial charge in [0.05, 0.1) is 6.04 Å². The highest BCUT2D eigenvalue weighted by Crippen LogP contribution is 2.40. The van der Waals surface area contributed by atoms with Gasteiger partial charge in [0.15, 0.2) is 0 Å². The predicted molar refractivity (Wildman–Crippen MR) is 77.7 cm³/mol. The summed E-state index contributed by atoms with van der Waals surface area (Å²) in [5.74, 6) is 0.